The lowest BCUT2D eigenvalue weighted by atomic mass is 9.98. The van der Waals surface area contributed by atoms with Gasteiger partial charge in [0.15, 0.2) is 5.78 Å². The monoisotopic (exact) mass is 233 g/mol. The van der Waals surface area contributed by atoms with Gasteiger partial charge in [-0.25, -0.2) is 0 Å². The molecule has 0 fully saturated rings. The predicted molar refractivity (Wildman–Crippen MR) is 72.0 cm³/mol. The molecule has 1 aromatic rings. The molecule has 0 aliphatic heterocycles. The van der Waals surface area contributed by atoms with Crippen molar-refractivity contribution < 1.29 is 4.79 Å². The average molecular weight is 233 g/mol. The molecule has 0 amide bonds. The lowest BCUT2D eigenvalue weighted by Crippen LogP contribution is -2.38. The average Bonchev–Trinajstić information content (AvgIpc) is 2.35. The lowest BCUT2D eigenvalue weighted by Gasteiger charge is -2.33. The summed E-state index contributed by atoms with van der Waals surface area (Å²) in [6.07, 6.45) is 0.586. The minimum Gasteiger partial charge on any atom is -0.298 e. The van der Waals surface area contributed by atoms with Gasteiger partial charge in [0, 0.05) is 12.5 Å². The van der Waals surface area contributed by atoms with E-state index >= 15 is 0 Å². The normalized spacial score (nSPS) is 13.1. The van der Waals surface area contributed by atoms with Crippen molar-refractivity contribution in [2.24, 2.45) is 0 Å². The van der Waals surface area contributed by atoms with Gasteiger partial charge in [0.05, 0.1) is 6.04 Å². The van der Waals surface area contributed by atoms with Crippen LogP contribution in [0.4, 0.5) is 0 Å². The molecule has 1 unspecified atom stereocenters. The number of hydrogen-bond acceptors (Lipinski definition) is 2. The fourth-order valence-electron chi connectivity index (χ4n) is 2.24. The van der Waals surface area contributed by atoms with Gasteiger partial charge in [0.2, 0.25) is 0 Å². The zero-order valence-electron chi connectivity index (χ0n) is 11.3. The van der Waals surface area contributed by atoms with Crippen LogP contribution in [0.2, 0.25) is 0 Å². The van der Waals surface area contributed by atoms with E-state index in [0.29, 0.717) is 18.2 Å². The van der Waals surface area contributed by atoms with Crippen LogP contribution in [0.5, 0.6) is 0 Å². The second-order valence-corrected chi connectivity index (χ2v) is 4.56. The van der Waals surface area contributed by atoms with Crippen LogP contribution in [0.15, 0.2) is 30.3 Å². The van der Waals surface area contributed by atoms with E-state index in [1.165, 1.54) is 0 Å². The topological polar surface area (TPSA) is 20.3 Å². The van der Waals surface area contributed by atoms with Crippen molar-refractivity contribution in [1.82, 2.24) is 4.90 Å². The highest BCUT2D eigenvalue weighted by molar-refractivity contribution is 5.85. The van der Waals surface area contributed by atoms with Crippen LogP contribution in [-0.2, 0) is 4.79 Å². The Morgan fingerprint density at radius 1 is 1.18 bits per heavy atom. The van der Waals surface area contributed by atoms with Crippen molar-refractivity contribution in [2.75, 3.05) is 6.54 Å². The molecule has 1 atom stereocenters. The molecule has 0 aromatic heterocycles. The highest BCUT2D eigenvalue weighted by Crippen LogP contribution is 2.24. The Morgan fingerprint density at radius 3 is 2.18 bits per heavy atom. The fourth-order valence-corrected chi connectivity index (χ4v) is 2.24. The largest absolute Gasteiger partial charge is 0.298 e. The maximum absolute atomic E-state index is 12.2. The third-order valence-corrected chi connectivity index (χ3v) is 3.13. The molecule has 0 saturated carbocycles. The van der Waals surface area contributed by atoms with Crippen molar-refractivity contribution in [3.05, 3.63) is 35.9 Å². The number of hydrogen-bond donors (Lipinski definition) is 0. The van der Waals surface area contributed by atoms with Crippen LogP contribution in [0.1, 0.15) is 45.7 Å². The molecule has 0 heterocycles. The smallest absolute Gasteiger partial charge is 0.154 e. The number of ketones is 1. The zero-order valence-corrected chi connectivity index (χ0v) is 11.3. The molecule has 0 radical (unpaired) electrons. The summed E-state index contributed by atoms with van der Waals surface area (Å²) in [6.45, 7) is 9.22. The molecule has 0 saturated heterocycles. The summed E-state index contributed by atoms with van der Waals surface area (Å²) in [5.74, 6) is 0.298. The first kappa shape index (κ1) is 13.9. The van der Waals surface area contributed by atoms with Crippen LogP contribution in [0.3, 0.4) is 0 Å². The third-order valence-electron chi connectivity index (χ3n) is 3.13. The number of carbonyl (C=O) groups excluding carboxylic acids is 1. The number of nitrogens with zero attached hydrogens (tertiary/aromatic N) is 1. The minimum absolute atomic E-state index is 0.0915. The van der Waals surface area contributed by atoms with Gasteiger partial charge >= 0.3 is 0 Å². The summed E-state index contributed by atoms with van der Waals surface area (Å²) >= 11 is 0. The van der Waals surface area contributed by atoms with Gasteiger partial charge in [-0.05, 0) is 26.0 Å². The molecule has 1 rings (SSSR count). The van der Waals surface area contributed by atoms with Crippen LogP contribution in [-0.4, -0.2) is 23.3 Å². The van der Waals surface area contributed by atoms with Crippen molar-refractivity contribution in [2.45, 2.75) is 46.2 Å². The Bertz CT molecular complexity index is 345. The van der Waals surface area contributed by atoms with E-state index in [9.17, 15) is 4.79 Å². The van der Waals surface area contributed by atoms with Crippen LogP contribution in [0, 0.1) is 0 Å². The summed E-state index contributed by atoms with van der Waals surface area (Å²) in [5, 5.41) is 0. The summed E-state index contributed by atoms with van der Waals surface area (Å²) in [4.78, 5) is 14.4. The second-order valence-electron chi connectivity index (χ2n) is 4.56. The summed E-state index contributed by atoms with van der Waals surface area (Å²) < 4.78 is 0. The predicted octanol–water partition coefficient (Wildman–Crippen LogP) is 3.44. The number of benzene rings is 1. The quantitative estimate of drug-likeness (QED) is 0.750. The summed E-state index contributed by atoms with van der Waals surface area (Å²) in [6, 6.07) is 10.4. The molecular formula is C15H23NO. The Labute approximate surface area is 105 Å². The van der Waals surface area contributed by atoms with E-state index in [4.69, 9.17) is 0 Å². The maximum Gasteiger partial charge on any atom is 0.154 e. The first-order chi connectivity index (χ1) is 8.11. The van der Waals surface area contributed by atoms with Gasteiger partial charge in [-0.15, -0.1) is 0 Å². The Balaban J connectivity index is 3.07. The van der Waals surface area contributed by atoms with E-state index in [-0.39, 0.29) is 6.04 Å². The first-order valence-corrected chi connectivity index (χ1v) is 6.45. The van der Waals surface area contributed by atoms with E-state index in [0.717, 1.165) is 12.1 Å². The van der Waals surface area contributed by atoms with E-state index < -0.39 is 0 Å². The van der Waals surface area contributed by atoms with Gasteiger partial charge in [0.1, 0.15) is 0 Å². The van der Waals surface area contributed by atoms with Gasteiger partial charge < -0.3 is 0 Å². The SMILES string of the molecule is CCC(=O)C(c1ccccc1)N(CC)C(C)C. The van der Waals surface area contributed by atoms with Crippen LogP contribution >= 0.6 is 0 Å². The van der Waals surface area contributed by atoms with Gasteiger partial charge in [-0.2, -0.15) is 0 Å². The number of Topliss-reactive ketones (excluding diaryl/α,β-unsaturated/α-hetero) is 1. The molecule has 2 nitrogen and oxygen atoms in total. The maximum atomic E-state index is 12.2. The van der Waals surface area contributed by atoms with E-state index in [1.807, 2.05) is 37.3 Å². The molecule has 0 N–H and O–H groups in total. The molecule has 0 spiro atoms. The Morgan fingerprint density at radius 2 is 1.76 bits per heavy atom. The van der Waals surface area contributed by atoms with Crippen molar-refractivity contribution in [1.29, 1.82) is 0 Å². The molecule has 1 aromatic carbocycles. The highest BCUT2D eigenvalue weighted by Gasteiger charge is 2.26. The first-order valence-electron chi connectivity index (χ1n) is 6.45. The van der Waals surface area contributed by atoms with Gasteiger partial charge in [-0.1, -0.05) is 44.2 Å². The van der Waals surface area contributed by atoms with Crippen molar-refractivity contribution in [3.63, 3.8) is 0 Å². The second kappa shape index (κ2) is 6.55. The van der Waals surface area contributed by atoms with Crippen LogP contribution < -0.4 is 0 Å². The van der Waals surface area contributed by atoms with Crippen LogP contribution in [0.25, 0.3) is 0 Å². The molecule has 0 bridgehead atoms. The van der Waals surface area contributed by atoms with Gasteiger partial charge in [0.25, 0.3) is 0 Å². The number of carbonyl (C=O) groups is 1. The number of likely N-dealkylation sites (N-methyl/N-ethyl adjacent to an activating group) is 1. The summed E-state index contributed by atoms with van der Waals surface area (Å²) in [5.41, 5.74) is 1.11. The zero-order chi connectivity index (χ0) is 12.8. The molecule has 94 valence electrons. The molecule has 17 heavy (non-hydrogen) atoms. The Kier molecular flexibility index (Phi) is 5.36. The van der Waals surface area contributed by atoms with Crippen molar-refractivity contribution in [3.8, 4) is 0 Å². The highest BCUT2D eigenvalue weighted by atomic mass is 16.1. The minimum atomic E-state index is -0.0915. The lowest BCUT2D eigenvalue weighted by molar-refractivity contribution is -0.125. The van der Waals surface area contributed by atoms with Gasteiger partial charge in [-0.3, -0.25) is 9.69 Å². The van der Waals surface area contributed by atoms with E-state index in [1.54, 1.807) is 0 Å². The molecular weight excluding hydrogens is 210 g/mol. The Hall–Kier alpha value is -1.15. The number of rotatable bonds is 6. The fraction of sp³-hybridized carbons (Fsp3) is 0.533. The van der Waals surface area contributed by atoms with E-state index in [2.05, 4.69) is 25.7 Å². The summed E-state index contributed by atoms with van der Waals surface area (Å²) in [7, 11) is 0. The standard InChI is InChI=1S/C15H23NO/c1-5-14(17)15(16(6-2)12(3)4)13-10-8-7-9-11-13/h7-12,15H,5-6H2,1-4H3. The van der Waals surface area contributed by atoms with Crippen molar-refractivity contribution >= 4 is 5.78 Å². The molecule has 0 aliphatic carbocycles. The molecule has 0 aliphatic rings. The molecule has 2 heteroatoms. The third kappa shape index (κ3) is 3.40.